The van der Waals surface area contributed by atoms with E-state index in [2.05, 4.69) is 28.4 Å². The van der Waals surface area contributed by atoms with Crippen molar-refractivity contribution in [1.82, 2.24) is 5.32 Å². The maximum absolute atomic E-state index is 11.2. The highest BCUT2D eigenvalue weighted by atomic mass is 32.1. The third-order valence-electron chi connectivity index (χ3n) is 2.85. The summed E-state index contributed by atoms with van der Waals surface area (Å²) in [5.41, 5.74) is 1.38. The smallest absolute Gasteiger partial charge is 0.373 e. The molecule has 0 saturated carbocycles. The van der Waals surface area contributed by atoms with E-state index in [1.807, 2.05) is 0 Å². The van der Waals surface area contributed by atoms with Crippen LogP contribution in [0.15, 0.2) is 28.0 Å². The van der Waals surface area contributed by atoms with Crippen molar-refractivity contribution in [3.8, 4) is 0 Å². The van der Waals surface area contributed by atoms with Crippen molar-refractivity contribution in [1.29, 1.82) is 0 Å². The van der Waals surface area contributed by atoms with Gasteiger partial charge in [0.05, 0.1) is 13.7 Å². The van der Waals surface area contributed by atoms with Gasteiger partial charge < -0.3 is 14.5 Å². The largest absolute Gasteiger partial charge is 0.463 e. The summed E-state index contributed by atoms with van der Waals surface area (Å²) < 4.78 is 9.97. The molecule has 0 amide bonds. The van der Waals surface area contributed by atoms with Crippen molar-refractivity contribution < 1.29 is 13.9 Å². The number of esters is 1. The Hall–Kier alpha value is -1.59. The Balaban J connectivity index is 1.86. The minimum absolute atomic E-state index is 0.240. The summed E-state index contributed by atoms with van der Waals surface area (Å²) in [5.74, 6) is 0.525. The van der Waals surface area contributed by atoms with Gasteiger partial charge in [-0.05, 0) is 35.6 Å². The number of methoxy groups -OCH3 is 1. The molecule has 0 saturated heterocycles. The molecule has 2 aromatic rings. The van der Waals surface area contributed by atoms with E-state index in [0.717, 1.165) is 18.7 Å². The molecule has 0 aliphatic heterocycles. The van der Waals surface area contributed by atoms with Crippen LogP contribution in [0.5, 0.6) is 0 Å². The molecule has 102 valence electrons. The maximum Gasteiger partial charge on any atom is 0.373 e. The molecule has 0 unspecified atom stereocenters. The molecule has 2 aromatic heterocycles. The Morgan fingerprint density at radius 2 is 2.21 bits per heavy atom. The normalized spacial score (nSPS) is 10.6. The van der Waals surface area contributed by atoms with Gasteiger partial charge in [0.25, 0.3) is 0 Å². The molecule has 5 heteroatoms. The molecular formula is C14H17NO3S. The lowest BCUT2D eigenvalue weighted by Gasteiger charge is -2.03. The summed E-state index contributed by atoms with van der Waals surface area (Å²) in [6, 6.07) is 5.57. The number of aryl methyl sites for hydroxylation is 1. The number of hydrogen-bond donors (Lipinski definition) is 1. The first-order valence-electron chi connectivity index (χ1n) is 6.17. The fourth-order valence-electron chi connectivity index (χ4n) is 1.82. The summed E-state index contributed by atoms with van der Waals surface area (Å²) in [4.78, 5) is 12.6. The highest BCUT2D eigenvalue weighted by Crippen LogP contribution is 2.17. The van der Waals surface area contributed by atoms with Gasteiger partial charge in [0.15, 0.2) is 0 Å². The number of hydrogen-bond acceptors (Lipinski definition) is 5. The molecule has 1 N–H and O–H groups in total. The summed E-state index contributed by atoms with van der Waals surface area (Å²) >= 11 is 1.76. The summed E-state index contributed by atoms with van der Waals surface area (Å²) in [5, 5.41) is 5.42. The molecule has 0 spiro atoms. The van der Waals surface area contributed by atoms with Crippen LogP contribution in [0, 0.1) is 0 Å². The molecule has 4 nitrogen and oxygen atoms in total. The molecule has 0 aliphatic carbocycles. The summed E-state index contributed by atoms with van der Waals surface area (Å²) in [6.07, 6.45) is 1.05. The van der Waals surface area contributed by atoms with Crippen molar-refractivity contribution in [2.45, 2.75) is 26.4 Å². The van der Waals surface area contributed by atoms with E-state index in [4.69, 9.17) is 4.42 Å². The van der Waals surface area contributed by atoms with Crippen molar-refractivity contribution in [2.75, 3.05) is 7.11 Å². The molecule has 0 aliphatic rings. The molecular weight excluding hydrogens is 262 g/mol. The Bertz CT molecular complexity index is 544. The summed E-state index contributed by atoms with van der Waals surface area (Å²) in [6.45, 7) is 3.56. The second-order valence-corrected chi connectivity index (χ2v) is 5.08. The van der Waals surface area contributed by atoms with Crippen LogP contribution in [-0.4, -0.2) is 13.1 Å². The quantitative estimate of drug-likeness (QED) is 0.826. The number of thiophene rings is 1. The highest BCUT2D eigenvalue weighted by molar-refractivity contribution is 7.10. The lowest BCUT2D eigenvalue weighted by Crippen LogP contribution is -2.12. The molecule has 0 aromatic carbocycles. The Labute approximate surface area is 116 Å². The first kappa shape index (κ1) is 13.8. The Morgan fingerprint density at radius 3 is 2.95 bits per heavy atom. The van der Waals surface area contributed by atoms with Crippen LogP contribution in [-0.2, 0) is 24.2 Å². The van der Waals surface area contributed by atoms with Crippen LogP contribution in [0.3, 0.4) is 0 Å². The van der Waals surface area contributed by atoms with Gasteiger partial charge in [0, 0.05) is 11.4 Å². The third-order valence-corrected chi connectivity index (χ3v) is 3.81. The van der Waals surface area contributed by atoms with Crippen molar-refractivity contribution in [3.63, 3.8) is 0 Å². The van der Waals surface area contributed by atoms with Crippen LogP contribution >= 0.6 is 11.3 Å². The van der Waals surface area contributed by atoms with Crippen LogP contribution < -0.4 is 5.32 Å². The van der Waals surface area contributed by atoms with Gasteiger partial charge >= 0.3 is 5.97 Å². The number of carbonyl (C=O) groups excluding carboxylic acids is 1. The predicted molar refractivity (Wildman–Crippen MR) is 74.3 cm³/mol. The van der Waals surface area contributed by atoms with Crippen LogP contribution in [0.2, 0.25) is 0 Å². The first-order chi connectivity index (χ1) is 9.24. The number of ether oxygens (including phenoxy) is 1. The first-order valence-corrected chi connectivity index (χ1v) is 7.05. The number of carbonyl (C=O) groups is 1. The van der Waals surface area contributed by atoms with Crippen LogP contribution in [0.1, 0.15) is 33.7 Å². The molecule has 2 heterocycles. The van der Waals surface area contributed by atoms with E-state index in [-0.39, 0.29) is 5.76 Å². The fourth-order valence-corrected chi connectivity index (χ4v) is 2.77. The van der Waals surface area contributed by atoms with Gasteiger partial charge in [0.2, 0.25) is 5.76 Å². The second-order valence-electron chi connectivity index (χ2n) is 4.08. The monoisotopic (exact) mass is 279 g/mol. The highest BCUT2D eigenvalue weighted by Gasteiger charge is 2.10. The third kappa shape index (κ3) is 3.45. The van der Waals surface area contributed by atoms with Gasteiger partial charge in [-0.25, -0.2) is 4.79 Å². The lowest BCUT2D eigenvalue weighted by molar-refractivity contribution is 0.0563. The zero-order valence-electron chi connectivity index (χ0n) is 11.1. The molecule has 0 atom stereocenters. The van der Waals surface area contributed by atoms with Crippen molar-refractivity contribution >= 4 is 17.3 Å². The van der Waals surface area contributed by atoms with E-state index in [9.17, 15) is 4.79 Å². The van der Waals surface area contributed by atoms with E-state index in [1.54, 1.807) is 23.5 Å². The average molecular weight is 279 g/mol. The average Bonchev–Trinajstić information content (AvgIpc) is 3.06. The predicted octanol–water partition coefficient (Wildman–Crippen LogP) is 2.98. The Kier molecular flexibility index (Phi) is 4.76. The van der Waals surface area contributed by atoms with Crippen molar-refractivity contribution in [2.24, 2.45) is 0 Å². The van der Waals surface area contributed by atoms with Gasteiger partial charge in [-0.3, -0.25) is 0 Å². The van der Waals surface area contributed by atoms with E-state index >= 15 is 0 Å². The number of nitrogens with one attached hydrogen (secondary N) is 1. The van der Waals surface area contributed by atoms with Gasteiger partial charge in [-0.1, -0.05) is 6.92 Å². The molecule has 0 fully saturated rings. The number of furan rings is 1. The number of rotatable bonds is 6. The minimum atomic E-state index is -0.447. The van der Waals surface area contributed by atoms with Gasteiger partial charge in [0.1, 0.15) is 5.76 Å². The standard InChI is InChI=1S/C14H17NO3S/c1-3-10-6-7-19-13(10)9-15-8-11-4-5-12(18-11)14(16)17-2/h4-7,15H,3,8-9H2,1-2H3. The maximum atomic E-state index is 11.2. The fraction of sp³-hybridized carbons (Fsp3) is 0.357. The topological polar surface area (TPSA) is 51.5 Å². The Morgan fingerprint density at radius 1 is 1.37 bits per heavy atom. The molecule has 0 radical (unpaired) electrons. The lowest BCUT2D eigenvalue weighted by atomic mass is 10.2. The van der Waals surface area contributed by atoms with Gasteiger partial charge in [-0.15, -0.1) is 11.3 Å². The van der Waals surface area contributed by atoms with Gasteiger partial charge in [-0.2, -0.15) is 0 Å². The minimum Gasteiger partial charge on any atom is -0.463 e. The molecule has 19 heavy (non-hydrogen) atoms. The van der Waals surface area contributed by atoms with E-state index < -0.39 is 5.97 Å². The van der Waals surface area contributed by atoms with Crippen LogP contribution in [0.25, 0.3) is 0 Å². The second kappa shape index (κ2) is 6.54. The van der Waals surface area contributed by atoms with E-state index in [0.29, 0.717) is 6.54 Å². The zero-order valence-corrected chi connectivity index (χ0v) is 11.9. The SMILES string of the molecule is CCc1ccsc1CNCc1ccc(C(=O)OC)o1. The van der Waals surface area contributed by atoms with Crippen molar-refractivity contribution in [3.05, 3.63) is 45.5 Å². The van der Waals surface area contributed by atoms with Crippen LogP contribution in [0.4, 0.5) is 0 Å². The molecule has 2 rings (SSSR count). The molecule has 0 bridgehead atoms. The zero-order chi connectivity index (χ0) is 13.7. The summed E-state index contributed by atoms with van der Waals surface area (Å²) in [7, 11) is 1.34. The van der Waals surface area contributed by atoms with E-state index in [1.165, 1.54) is 17.6 Å².